The van der Waals surface area contributed by atoms with E-state index in [0.29, 0.717) is 28.8 Å². The third-order valence-electron chi connectivity index (χ3n) is 8.62. The van der Waals surface area contributed by atoms with Crippen molar-refractivity contribution in [1.82, 2.24) is 9.88 Å². The van der Waals surface area contributed by atoms with Gasteiger partial charge in [-0.1, -0.05) is 18.2 Å². The molecule has 1 aromatic carbocycles. The first kappa shape index (κ1) is 28.8. The standard InChI is InChI=1S/C33H28N2O9/c1-5-6-7-8-14-11-16-17(13-35(2)3)15-9-10-33(25(15)29(40)20(16)32(43)34-14)30(41)23-24(31(33)42)28(39)22-21(27(23)38)18(36)12-19(44-4)26(22)37/h5-8,11-12,40-42H,9-10,13H2,1-4H3,(H,34,43)/b6-5+,8-7+. The van der Waals surface area contributed by atoms with Crippen molar-refractivity contribution in [3.8, 4) is 11.5 Å². The Kier molecular flexibility index (Phi) is 6.47. The van der Waals surface area contributed by atoms with Crippen LogP contribution in [0.25, 0.3) is 28.4 Å². The van der Waals surface area contributed by atoms with Crippen LogP contribution in [-0.4, -0.2) is 46.4 Å². The van der Waals surface area contributed by atoms with Crippen LogP contribution in [0.15, 0.2) is 54.3 Å². The van der Waals surface area contributed by atoms with Gasteiger partial charge in [-0.3, -0.25) is 24.0 Å². The topological polar surface area (TPSA) is 174 Å². The molecule has 0 saturated heterocycles. The Morgan fingerprint density at radius 1 is 0.932 bits per heavy atom. The highest BCUT2D eigenvalue weighted by atomic mass is 16.5. The summed E-state index contributed by atoms with van der Waals surface area (Å²) in [5, 5.41) is 32.9. The fourth-order valence-corrected chi connectivity index (χ4v) is 6.82. The third-order valence-corrected chi connectivity index (χ3v) is 8.62. The van der Waals surface area contributed by atoms with Crippen molar-refractivity contribution in [2.24, 2.45) is 0 Å². The van der Waals surface area contributed by atoms with Crippen molar-refractivity contribution in [1.29, 1.82) is 0 Å². The second-order valence-electron chi connectivity index (χ2n) is 11.3. The van der Waals surface area contributed by atoms with E-state index in [1.54, 1.807) is 24.3 Å². The molecule has 224 valence electrons. The SMILES string of the molecule is C/C=C/C=C/c1cc2c(CN(C)C)c3c(c(O)c2c(=O)[nH]1)C1(CC3)C(O)=c2c(=O)c3c(=O)cc(OC)c(=O)c=3c(=O)c2=C1O. The summed E-state index contributed by atoms with van der Waals surface area (Å²) in [6, 6.07) is 2.53. The minimum atomic E-state index is -1.97. The van der Waals surface area contributed by atoms with Crippen LogP contribution in [0.4, 0.5) is 0 Å². The van der Waals surface area contributed by atoms with E-state index in [-0.39, 0.29) is 23.8 Å². The van der Waals surface area contributed by atoms with Crippen molar-refractivity contribution < 1.29 is 20.1 Å². The smallest absolute Gasteiger partial charge is 0.260 e. The molecular weight excluding hydrogens is 568 g/mol. The molecule has 4 aliphatic carbocycles. The normalized spacial score (nSPS) is 17.8. The number of methoxy groups -OCH3 is 1. The first-order valence-corrected chi connectivity index (χ1v) is 13.8. The van der Waals surface area contributed by atoms with Crippen molar-refractivity contribution in [2.75, 3.05) is 21.2 Å². The molecule has 1 heterocycles. The molecule has 1 unspecified atom stereocenters. The average Bonchev–Trinajstić information content (AvgIpc) is 3.48. The number of hydrogen-bond donors (Lipinski definition) is 4. The lowest BCUT2D eigenvalue weighted by Gasteiger charge is -2.28. The number of aromatic nitrogens is 1. The van der Waals surface area contributed by atoms with Crippen LogP contribution in [0.2, 0.25) is 0 Å². The Labute approximate surface area is 247 Å². The first-order valence-electron chi connectivity index (χ1n) is 13.8. The lowest BCUT2D eigenvalue weighted by Crippen LogP contribution is -2.51. The Morgan fingerprint density at radius 3 is 2.20 bits per heavy atom. The number of fused-ring (bicyclic) bond motifs is 4. The molecule has 0 fully saturated rings. The van der Waals surface area contributed by atoms with Gasteiger partial charge in [0.15, 0.2) is 11.2 Å². The van der Waals surface area contributed by atoms with Gasteiger partial charge >= 0.3 is 0 Å². The minimum Gasteiger partial charge on any atom is -0.510 e. The molecule has 4 N–H and O–H groups in total. The Hall–Kier alpha value is -5.29. The number of aromatic amines is 1. The first-order chi connectivity index (χ1) is 20.9. The van der Waals surface area contributed by atoms with Gasteiger partial charge < -0.3 is 29.9 Å². The molecule has 0 saturated carbocycles. The third kappa shape index (κ3) is 3.62. The summed E-state index contributed by atoms with van der Waals surface area (Å²) >= 11 is 0. The minimum absolute atomic E-state index is 0.0131. The molecule has 1 aromatic heterocycles. The van der Waals surface area contributed by atoms with Gasteiger partial charge in [-0.2, -0.15) is 0 Å². The molecule has 0 aliphatic heterocycles. The quantitative estimate of drug-likeness (QED) is 0.233. The van der Waals surface area contributed by atoms with Crippen molar-refractivity contribution in [3.63, 3.8) is 0 Å². The maximum absolute atomic E-state index is 13.8. The predicted molar refractivity (Wildman–Crippen MR) is 165 cm³/mol. The second kappa shape index (κ2) is 9.88. The molecule has 4 aliphatic rings. The number of phenols is 1. The maximum Gasteiger partial charge on any atom is 0.260 e. The predicted octanol–water partition coefficient (Wildman–Crippen LogP) is 0.165. The number of ether oxygens (including phenoxy) is 1. The zero-order valence-electron chi connectivity index (χ0n) is 24.3. The lowest BCUT2D eigenvalue weighted by atomic mass is 9.77. The highest BCUT2D eigenvalue weighted by Crippen LogP contribution is 2.55. The lowest BCUT2D eigenvalue weighted by molar-refractivity contribution is 0.362. The fraction of sp³-hybridized carbons (Fsp3) is 0.242. The highest BCUT2D eigenvalue weighted by molar-refractivity contribution is 5.97. The second-order valence-corrected chi connectivity index (χ2v) is 11.3. The van der Waals surface area contributed by atoms with Crippen LogP contribution in [0.1, 0.15) is 35.7 Å². The van der Waals surface area contributed by atoms with Crippen LogP contribution < -0.4 is 42.4 Å². The van der Waals surface area contributed by atoms with Gasteiger partial charge in [0.05, 0.1) is 33.4 Å². The van der Waals surface area contributed by atoms with E-state index in [1.807, 2.05) is 32.0 Å². The van der Waals surface area contributed by atoms with E-state index in [9.17, 15) is 39.3 Å². The molecule has 0 radical (unpaired) electrons. The molecule has 6 rings (SSSR count). The Morgan fingerprint density at radius 2 is 1.59 bits per heavy atom. The Bertz CT molecular complexity index is 2480. The summed E-state index contributed by atoms with van der Waals surface area (Å²) in [6.07, 6.45) is 7.20. The molecule has 0 amide bonds. The molecule has 11 nitrogen and oxygen atoms in total. The van der Waals surface area contributed by atoms with E-state index in [0.717, 1.165) is 13.2 Å². The van der Waals surface area contributed by atoms with Crippen LogP contribution in [-0.2, 0) is 18.4 Å². The molecule has 1 spiro atoms. The highest BCUT2D eigenvalue weighted by Gasteiger charge is 2.53. The molecule has 44 heavy (non-hydrogen) atoms. The number of nitrogens with zero attached hydrogens (tertiary/aromatic N) is 1. The van der Waals surface area contributed by atoms with Crippen LogP contribution in [0, 0.1) is 10.4 Å². The molecular formula is C33H28N2O9. The van der Waals surface area contributed by atoms with Gasteiger partial charge in [0.1, 0.15) is 22.7 Å². The van der Waals surface area contributed by atoms with Crippen LogP contribution in [0.3, 0.4) is 0 Å². The molecule has 1 atom stereocenters. The van der Waals surface area contributed by atoms with Crippen molar-refractivity contribution in [3.05, 3.63) is 125 Å². The summed E-state index contributed by atoms with van der Waals surface area (Å²) in [5.41, 5.74) is -5.11. The van der Waals surface area contributed by atoms with Crippen molar-refractivity contribution in [2.45, 2.75) is 31.7 Å². The number of phenolic OH excluding ortho intramolecular Hbond substituents is 1. The Balaban J connectivity index is 1.80. The van der Waals surface area contributed by atoms with Crippen LogP contribution >= 0.6 is 0 Å². The number of hydrogen-bond acceptors (Lipinski definition) is 10. The number of aromatic hydroxyl groups is 1. The number of rotatable bonds is 5. The summed E-state index contributed by atoms with van der Waals surface area (Å²) in [7, 11) is 4.78. The zero-order valence-corrected chi connectivity index (χ0v) is 24.3. The van der Waals surface area contributed by atoms with Gasteiger partial charge in [0, 0.05) is 23.9 Å². The van der Waals surface area contributed by atoms with Crippen LogP contribution in [0.5, 0.6) is 11.5 Å². The van der Waals surface area contributed by atoms with E-state index < -0.39 is 76.6 Å². The summed E-state index contributed by atoms with van der Waals surface area (Å²) in [6.45, 7) is 2.16. The van der Waals surface area contributed by atoms with Gasteiger partial charge in [-0.05, 0) is 62.5 Å². The number of pyridine rings is 1. The number of allylic oxidation sites excluding steroid dienone is 3. The largest absolute Gasteiger partial charge is 0.510 e. The molecule has 0 bridgehead atoms. The fourth-order valence-electron chi connectivity index (χ4n) is 6.82. The number of aliphatic hydroxyl groups is 2. The number of benzene rings is 1. The zero-order chi connectivity index (χ0) is 31.8. The van der Waals surface area contributed by atoms with E-state index in [1.165, 1.54) is 0 Å². The number of H-pyrrole nitrogens is 1. The average molecular weight is 597 g/mol. The number of aliphatic hydroxyl groups excluding tert-OH is 2. The van der Waals surface area contributed by atoms with E-state index in [2.05, 4.69) is 4.98 Å². The van der Waals surface area contributed by atoms with Gasteiger partial charge in [-0.15, -0.1) is 0 Å². The summed E-state index contributed by atoms with van der Waals surface area (Å²) in [5.74, 6) is -2.44. The van der Waals surface area contributed by atoms with E-state index >= 15 is 0 Å². The van der Waals surface area contributed by atoms with Gasteiger partial charge in [0.25, 0.3) is 5.56 Å². The van der Waals surface area contributed by atoms with Crippen molar-refractivity contribution >= 4 is 28.4 Å². The molecule has 11 heteroatoms. The maximum atomic E-state index is 13.8. The monoisotopic (exact) mass is 596 g/mol. The number of nitrogens with one attached hydrogen (secondary N) is 1. The van der Waals surface area contributed by atoms with E-state index in [4.69, 9.17) is 4.74 Å². The van der Waals surface area contributed by atoms with Gasteiger partial charge in [0.2, 0.25) is 16.3 Å². The molecule has 2 aromatic rings. The summed E-state index contributed by atoms with van der Waals surface area (Å²) < 4.78 is 4.93. The summed E-state index contributed by atoms with van der Waals surface area (Å²) in [4.78, 5) is 71.4. The van der Waals surface area contributed by atoms with Gasteiger partial charge in [-0.25, -0.2) is 0 Å².